The lowest BCUT2D eigenvalue weighted by atomic mass is 10.1. The van der Waals surface area contributed by atoms with Gasteiger partial charge in [-0.05, 0) is 40.5 Å². The van der Waals surface area contributed by atoms with Gasteiger partial charge in [0.25, 0.3) is 5.91 Å². The summed E-state index contributed by atoms with van der Waals surface area (Å²) in [5, 5.41) is 12.1. The van der Waals surface area contributed by atoms with Crippen LogP contribution in [-0.4, -0.2) is 11.9 Å². The van der Waals surface area contributed by atoms with Gasteiger partial charge in [-0.25, -0.2) is 0 Å². The predicted molar refractivity (Wildman–Crippen MR) is 70.9 cm³/mol. The topological polar surface area (TPSA) is 52.9 Å². The maximum absolute atomic E-state index is 11.8. The van der Waals surface area contributed by atoms with Crippen molar-refractivity contribution in [3.05, 3.63) is 33.3 Å². The Hall–Kier alpha value is -1.05. The highest BCUT2D eigenvalue weighted by molar-refractivity contribution is 9.10. The molecule has 1 N–H and O–H groups in total. The molecule has 0 fully saturated rings. The molecule has 1 aromatic rings. The molecule has 1 unspecified atom stereocenters. The minimum Gasteiger partial charge on any atom is -0.336 e. The Morgan fingerprint density at radius 2 is 2.35 bits per heavy atom. The van der Waals surface area contributed by atoms with Crippen molar-refractivity contribution >= 4 is 33.4 Å². The van der Waals surface area contributed by atoms with Gasteiger partial charge in [0.2, 0.25) is 0 Å². The maximum Gasteiger partial charge on any atom is 0.252 e. The minimum absolute atomic E-state index is 0.262. The van der Waals surface area contributed by atoms with Gasteiger partial charge in [-0.3, -0.25) is 4.79 Å². The summed E-state index contributed by atoms with van der Waals surface area (Å²) in [5.74, 6) is -0.262. The monoisotopic (exact) mass is 314 g/mol. The minimum atomic E-state index is -0.443. The van der Waals surface area contributed by atoms with Crippen LogP contribution in [0.4, 0.5) is 0 Å². The largest absolute Gasteiger partial charge is 0.336 e. The van der Waals surface area contributed by atoms with Crippen LogP contribution in [0.1, 0.15) is 30.1 Å². The second-order valence-electron chi connectivity index (χ2n) is 3.57. The Labute approximate surface area is 114 Å². The second kappa shape index (κ2) is 6.63. The lowest BCUT2D eigenvalue weighted by molar-refractivity contribution is 0.0944. The first kappa shape index (κ1) is 14.0. The van der Waals surface area contributed by atoms with Gasteiger partial charge in [-0.1, -0.05) is 24.9 Å². The van der Waals surface area contributed by atoms with E-state index >= 15 is 0 Å². The first-order chi connectivity index (χ1) is 8.08. The molecule has 0 aromatic heterocycles. The van der Waals surface area contributed by atoms with Crippen LogP contribution in [0.3, 0.4) is 0 Å². The molecule has 17 heavy (non-hydrogen) atoms. The Morgan fingerprint density at radius 1 is 1.65 bits per heavy atom. The molecule has 0 aliphatic heterocycles. The third-order valence-electron chi connectivity index (χ3n) is 2.22. The van der Waals surface area contributed by atoms with Gasteiger partial charge >= 0.3 is 0 Å². The van der Waals surface area contributed by atoms with Gasteiger partial charge in [0.05, 0.1) is 11.1 Å². The van der Waals surface area contributed by atoms with E-state index < -0.39 is 6.04 Å². The fourth-order valence-electron chi connectivity index (χ4n) is 1.34. The average molecular weight is 316 g/mol. The molecule has 90 valence electrons. The molecule has 0 aliphatic rings. The Balaban J connectivity index is 2.76. The highest BCUT2D eigenvalue weighted by Gasteiger charge is 2.13. The zero-order valence-corrected chi connectivity index (χ0v) is 11.7. The number of halogens is 2. The van der Waals surface area contributed by atoms with Crippen molar-refractivity contribution in [1.29, 1.82) is 5.26 Å². The van der Waals surface area contributed by atoms with E-state index in [9.17, 15) is 4.79 Å². The third-order valence-corrected chi connectivity index (χ3v) is 3.43. The molecule has 1 aromatic carbocycles. The number of hydrogen-bond donors (Lipinski definition) is 1. The van der Waals surface area contributed by atoms with Crippen molar-refractivity contribution in [3.8, 4) is 6.07 Å². The molecule has 0 aliphatic carbocycles. The molecular weight excluding hydrogens is 304 g/mol. The average Bonchev–Trinajstić information content (AvgIpc) is 2.31. The Morgan fingerprint density at radius 3 is 2.88 bits per heavy atom. The van der Waals surface area contributed by atoms with E-state index in [0.29, 0.717) is 21.5 Å². The lowest BCUT2D eigenvalue weighted by Crippen LogP contribution is -2.33. The molecule has 1 amide bonds. The summed E-state index contributed by atoms with van der Waals surface area (Å²) in [5.41, 5.74) is 0.484. The molecule has 0 saturated heterocycles. The van der Waals surface area contributed by atoms with Crippen LogP contribution in [-0.2, 0) is 0 Å². The number of amides is 1. The van der Waals surface area contributed by atoms with E-state index in [4.69, 9.17) is 16.9 Å². The Bertz CT molecular complexity index is 456. The molecule has 0 spiro atoms. The summed E-state index contributed by atoms with van der Waals surface area (Å²) in [7, 11) is 0. The molecule has 3 nitrogen and oxygen atoms in total. The van der Waals surface area contributed by atoms with Crippen LogP contribution >= 0.6 is 27.5 Å². The van der Waals surface area contributed by atoms with E-state index in [1.807, 2.05) is 6.92 Å². The summed E-state index contributed by atoms with van der Waals surface area (Å²) in [6, 6.07) is 6.52. The van der Waals surface area contributed by atoms with Gasteiger partial charge in [0, 0.05) is 10.0 Å². The predicted octanol–water partition coefficient (Wildman–Crippen LogP) is 3.52. The molecule has 1 rings (SSSR count). The highest BCUT2D eigenvalue weighted by Crippen LogP contribution is 2.23. The molecular formula is C12H12BrClN2O. The van der Waals surface area contributed by atoms with Crippen LogP contribution in [0.5, 0.6) is 0 Å². The van der Waals surface area contributed by atoms with Crippen molar-refractivity contribution in [3.63, 3.8) is 0 Å². The summed E-state index contributed by atoms with van der Waals surface area (Å²) >= 11 is 9.09. The van der Waals surface area contributed by atoms with E-state index in [-0.39, 0.29) is 5.91 Å². The summed E-state index contributed by atoms with van der Waals surface area (Å²) < 4.78 is 0.663. The molecule has 0 heterocycles. The SMILES string of the molecule is CCCC(C#N)NC(=O)c1ccc(Cl)c(Br)c1. The Kier molecular flexibility index (Phi) is 5.46. The van der Waals surface area contributed by atoms with Crippen LogP contribution in [0, 0.1) is 11.3 Å². The second-order valence-corrected chi connectivity index (χ2v) is 4.83. The molecule has 5 heteroatoms. The number of carbonyl (C=O) groups is 1. The highest BCUT2D eigenvalue weighted by atomic mass is 79.9. The van der Waals surface area contributed by atoms with Crippen molar-refractivity contribution < 1.29 is 4.79 Å². The van der Waals surface area contributed by atoms with Crippen LogP contribution in [0.15, 0.2) is 22.7 Å². The number of hydrogen-bond acceptors (Lipinski definition) is 2. The zero-order valence-electron chi connectivity index (χ0n) is 9.34. The van der Waals surface area contributed by atoms with E-state index in [1.165, 1.54) is 0 Å². The smallest absolute Gasteiger partial charge is 0.252 e. The third kappa shape index (κ3) is 4.03. The van der Waals surface area contributed by atoms with Gasteiger partial charge < -0.3 is 5.32 Å². The van der Waals surface area contributed by atoms with Crippen molar-refractivity contribution in [1.82, 2.24) is 5.32 Å². The molecule has 0 bridgehead atoms. The molecule has 0 saturated carbocycles. The number of nitrogens with zero attached hydrogens (tertiary/aromatic N) is 1. The van der Waals surface area contributed by atoms with Crippen molar-refractivity contribution in [2.45, 2.75) is 25.8 Å². The van der Waals surface area contributed by atoms with E-state index in [0.717, 1.165) is 6.42 Å². The summed E-state index contributed by atoms with van der Waals surface area (Å²) in [6.45, 7) is 1.97. The van der Waals surface area contributed by atoms with E-state index in [2.05, 4.69) is 27.3 Å². The standard InChI is InChI=1S/C12H12BrClN2O/c1-2-3-9(7-15)16-12(17)8-4-5-11(14)10(13)6-8/h4-6,9H,2-3H2,1H3,(H,16,17). The van der Waals surface area contributed by atoms with Crippen LogP contribution < -0.4 is 5.32 Å². The van der Waals surface area contributed by atoms with Crippen LogP contribution in [0.2, 0.25) is 5.02 Å². The van der Waals surface area contributed by atoms with Gasteiger partial charge in [0.15, 0.2) is 0 Å². The number of benzene rings is 1. The van der Waals surface area contributed by atoms with E-state index in [1.54, 1.807) is 18.2 Å². The molecule has 1 atom stereocenters. The quantitative estimate of drug-likeness (QED) is 0.924. The normalized spacial score (nSPS) is 11.6. The number of nitrogens with one attached hydrogen (secondary N) is 1. The maximum atomic E-state index is 11.8. The summed E-state index contributed by atoms with van der Waals surface area (Å²) in [6.07, 6.45) is 1.50. The van der Waals surface area contributed by atoms with Gasteiger partial charge in [-0.2, -0.15) is 5.26 Å². The lowest BCUT2D eigenvalue weighted by Gasteiger charge is -2.10. The van der Waals surface area contributed by atoms with Crippen LogP contribution in [0.25, 0.3) is 0 Å². The first-order valence-corrected chi connectivity index (χ1v) is 6.41. The fourth-order valence-corrected chi connectivity index (χ4v) is 1.83. The van der Waals surface area contributed by atoms with Gasteiger partial charge in [-0.15, -0.1) is 0 Å². The fraction of sp³-hybridized carbons (Fsp3) is 0.333. The van der Waals surface area contributed by atoms with Crippen molar-refractivity contribution in [2.24, 2.45) is 0 Å². The number of nitriles is 1. The van der Waals surface area contributed by atoms with Crippen molar-refractivity contribution in [2.75, 3.05) is 0 Å². The zero-order chi connectivity index (χ0) is 12.8. The number of carbonyl (C=O) groups excluding carboxylic acids is 1. The number of rotatable bonds is 4. The van der Waals surface area contributed by atoms with Gasteiger partial charge in [0.1, 0.15) is 6.04 Å². The first-order valence-electron chi connectivity index (χ1n) is 5.24. The molecule has 0 radical (unpaired) electrons. The summed E-state index contributed by atoms with van der Waals surface area (Å²) in [4.78, 5) is 11.8.